The van der Waals surface area contributed by atoms with Gasteiger partial charge in [0.05, 0.1) is 0 Å². The maximum atomic E-state index is 4.22. The summed E-state index contributed by atoms with van der Waals surface area (Å²) in [4.78, 5) is 0. The van der Waals surface area contributed by atoms with Crippen LogP contribution in [0.25, 0.3) is 0 Å². The van der Waals surface area contributed by atoms with Crippen LogP contribution in [0.3, 0.4) is 0 Å². The van der Waals surface area contributed by atoms with Gasteiger partial charge in [-0.05, 0) is 25.7 Å². The zero-order chi connectivity index (χ0) is 22.8. The van der Waals surface area contributed by atoms with Crippen molar-refractivity contribution in [2.75, 3.05) is 0 Å². The maximum Gasteiger partial charge on any atom is 0.00696 e. The number of nitrogens with one attached hydrogen (secondary N) is 1. The Balaban J connectivity index is 4.51. The molecule has 0 spiro atoms. The molecule has 0 aromatic rings. The minimum Gasteiger partial charge on any atom is -0.311 e. The number of rotatable bonds is 26. The minimum atomic E-state index is 0.777. The molecule has 1 N–H and O–H groups in total. The fourth-order valence-corrected chi connectivity index (χ4v) is 4.93. The van der Waals surface area contributed by atoms with E-state index in [1.807, 2.05) is 0 Å². The van der Waals surface area contributed by atoms with Crippen molar-refractivity contribution in [1.82, 2.24) is 5.32 Å². The highest BCUT2D eigenvalue weighted by Gasteiger charge is 2.15. The summed E-state index contributed by atoms with van der Waals surface area (Å²) in [5.74, 6) is 0. The Kier molecular flexibility index (Phi) is 26.2. The summed E-state index contributed by atoms with van der Waals surface area (Å²) in [5.41, 5.74) is 0. The first kappa shape index (κ1) is 31.0. The average molecular weight is 438 g/mol. The summed E-state index contributed by atoms with van der Waals surface area (Å²) in [7, 11) is 0. The Morgan fingerprint density at radius 1 is 0.323 bits per heavy atom. The predicted molar refractivity (Wildman–Crippen MR) is 144 cm³/mol. The molecule has 0 aliphatic rings. The van der Waals surface area contributed by atoms with E-state index in [0.717, 1.165) is 12.1 Å². The highest BCUT2D eigenvalue weighted by atomic mass is 14.9. The molecular formula is C30H63N. The predicted octanol–water partition coefficient (Wildman–Crippen LogP) is 10.8. The van der Waals surface area contributed by atoms with Gasteiger partial charge in [0.2, 0.25) is 0 Å². The van der Waals surface area contributed by atoms with Gasteiger partial charge in [-0.2, -0.15) is 0 Å². The molecule has 188 valence electrons. The first-order valence-electron chi connectivity index (χ1n) is 15.0. The summed E-state index contributed by atoms with van der Waals surface area (Å²) in [6, 6.07) is 1.55. The van der Waals surface area contributed by atoms with Gasteiger partial charge in [-0.3, -0.25) is 0 Å². The molecule has 0 aromatic heterocycles. The lowest BCUT2D eigenvalue weighted by atomic mass is 9.96. The van der Waals surface area contributed by atoms with E-state index in [1.54, 1.807) is 0 Å². The Bertz CT molecular complexity index is 256. The van der Waals surface area contributed by atoms with E-state index >= 15 is 0 Å². The van der Waals surface area contributed by atoms with Crippen LogP contribution in [-0.2, 0) is 0 Å². The van der Waals surface area contributed by atoms with E-state index in [9.17, 15) is 0 Å². The zero-order valence-electron chi connectivity index (χ0n) is 22.6. The summed E-state index contributed by atoms with van der Waals surface area (Å²) in [5, 5.41) is 4.22. The molecule has 0 aromatic carbocycles. The standard InChI is InChI=1S/C30H63N/c1-5-9-13-17-21-25-29(26-22-18-14-10-6-2)31-30(27-23-19-15-11-7-3)28-24-20-16-12-8-4/h29-31H,5-28H2,1-4H3. The van der Waals surface area contributed by atoms with E-state index in [0.29, 0.717) is 0 Å². The van der Waals surface area contributed by atoms with E-state index in [4.69, 9.17) is 0 Å². The van der Waals surface area contributed by atoms with Crippen molar-refractivity contribution in [2.45, 2.75) is 194 Å². The van der Waals surface area contributed by atoms with E-state index in [2.05, 4.69) is 33.0 Å². The van der Waals surface area contributed by atoms with Crippen molar-refractivity contribution in [3.8, 4) is 0 Å². The Hall–Kier alpha value is -0.0400. The van der Waals surface area contributed by atoms with Gasteiger partial charge in [-0.25, -0.2) is 0 Å². The third-order valence-electron chi connectivity index (χ3n) is 7.10. The first-order valence-corrected chi connectivity index (χ1v) is 15.0. The average Bonchev–Trinajstić information content (AvgIpc) is 2.77. The molecule has 0 aliphatic heterocycles. The lowest BCUT2D eigenvalue weighted by Crippen LogP contribution is -2.38. The summed E-state index contributed by atoms with van der Waals surface area (Å²) in [6.45, 7) is 9.30. The molecular weight excluding hydrogens is 374 g/mol. The molecule has 0 saturated heterocycles. The van der Waals surface area contributed by atoms with Crippen LogP contribution in [0.1, 0.15) is 182 Å². The smallest absolute Gasteiger partial charge is 0.00696 e. The van der Waals surface area contributed by atoms with Crippen molar-refractivity contribution in [2.24, 2.45) is 0 Å². The Morgan fingerprint density at radius 2 is 0.548 bits per heavy atom. The van der Waals surface area contributed by atoms with Crippen molar-refractivity contribution >= 4 is 0 Å². The monoisotopic (exact) mass is 437 g/mol. The number of hydrogen-bond acceptors (Lipinski definition) is 1. The van der Waals surface area contributed by atoms with Crippen LogP contribution in [0.15, 0.2) is 0 Å². The maximum absolute atomic E-state index is 4.22. The van der Waals surface area contributed by atoms with Gasteiger partial charge in [-0.15, -0.1) is 0 Å². The minimum absolute atomic E-state index is 0.777. The second-order valence-electron chi connectivity index (χ2n) is 10.4. The third kappa shape index (κ3) is 22.9. The van der Waals surface area contributed by atoms with Crippen LogP contribution in [0.4, 0.5) is 0 Å². The second kappa shape index (κ2) is 26.2. The Morgan fingerprint density at radius 3 is 0.774 bits per heavy atom. The molecule has 0 amide bonds. The summed E-state index contributed by atoms with van der Waals surface area (Å²) < 4.78 is 0. The fraction of sp³-hybridized carbons (Fsp3) is 1.00. The van der Waals surface area contributed by atoms with Gasteiger partial charge in [0, 0.05) is 12.1 Å². The van der Waals surface area contributed by atoms with Crippen LogP contribution in [0, 0.1) is 0 Å². The van der Waals surface area contributed by atoms with Gasteiger partial charge in [0.15, 0.2) is 0 Å². The molecule has 0 unspecified atom stereocenters. The van der Waals surface area contributed by atoms with Crippen LogP contribution < -0.4 is 5.32 Å². The van der Waals surface area contributed by atoms with Gasteiger partial charge < -0.3 is 5.32 Å². The molecule has 0 aliphatic carbocycles. The largest absolute Gasteiger partial charge is 0.311 e. The van der Waals surface area contributed by atoms with Crippen molar-refractivity contribution in [1.29, 1.82) is 0 Å². The highest BCUT2D eigenvalue weighted by molar-refractivity contribution is 4.75. The highest BCUT2D eigenvalue weighted by Crippen LogP contribution is 2.18. The molecule has 0 heterocycles. The normalized spacial score (nSPS) is 11.8. The number of unbranched alkanes of at least 4 members (excludes halogenated alkanes) is 16. The molecule has 0 atom stereocenters. The zero-order valence-corrected chi connectivity index (χ0v) is 22.6. The summed E-state index contributed by atoms with van der Waals surface area (Å²) >= 11 is 0. The van der Waals surface area contributed by atoms with Gasteiger partial charge in [0.25, 0.3) is 0 Å². The lowest BCUT2D eigenvalue weighted by molar-refractivity contribution is 0.330. The van der Waals surface area contributed by atoms with Crippen molar-refractivity contribution in [3.63, 3.8) is 0 Å². The van der Waals surface area contributed by atoms with Crippen LogP contribution in [0.2, 0.25) is 0 Å². The van der Waals surface area contributed by atoms with E-state index in [1.165, 1.54) is 154 Å². The van der Waals surface area contributed by atoms with Crippen LogP contribution in [0.5, 0.6) is 0 Å². The molecule has 0 fully saturated rings. The van der Waals surface area contributed by atoms with Gasteiger partial charge in [0.1, 0.15) is 0 Å². The molecule has 0 saturated carbocycles. The molecule has 0 bridgehead atoms. The lowest BCUT2D eigenvalue weighted by Gasteiger charge is -2.27. The molecule has 0 radical (unpaired) electrons. The SMILES string of the molecule is CCCCCCCC(CCCCCCC)NC(CCCCCCC)CCCCCCC. The van der Waals surface area contributed by atoms with E-state index < -0.39 is 0 Å². The molecule has 1 nitrogen and oxygen atoms in total. The van der Waals surface area contributed by atoms with Crippen molar-refractivity contribution < 1.29 is 0 Å². The molecule has 31 heavy (non-hydrogen) atoms. The topological polar surface area (TPSA) is 12.0 Å². The van der Waals surface area contributed by atoms with Gasteiger partial charge >= 0.3 is 0 Å². The fourth-order valence-electron chi connectivity index (χ4n) is 4.93. The van der Waals surface area contributed by atoms with Crippen molar-refractivity contribution in [3.05, 3.63) is 0 Å². The van der Waals surface area contributed by atoms with Crippen LogP contribution in [-0.4, -0.2) is 12.1 Å². The second-order valence-corrected chi connectivity index (χ2v) is 10.4. The molecule has 1 heteroatoms. The first-order chi connectivity index (χ1) is 15.3. The number of hydrogen-bond donors (Lipinski definition) is 1. The Labute approximate surface area is 199 Å². The third-order valence-corrected chi connectivity index (χ3v) is 7.10. The van der Waals surface area contributed by atoms with Gasteiger partial charge in [-0.1, -0.05) is 156 Å². The molecule has 0 rings (SSSR count). The van der Waals surface area contributed by atoms with Crippen LogP contribution >= 0.6 is 0 Å². The van der Waals surface area contributed by atoms with E-state index in [-0.39, 0.29) is 0 Å². The quantitative estimate of drug-likeness (QED) is 0.133. The summed E-state index contributed by atoms with van der Waals surface area (Å²) in [6.07, 6.45) is 34.1.